The Bertz CT molecular complexity index is 811. The maximum absolute atomic E-state index is 13.0. The van der Waals surface area contributed by atoms with Crippen LogP contribution in [-0.2, 0) is 14.8 Å². The summed E-state index contributed by atoms with van der Waals surface area (Å²) in [6.45, 7) is 2.15. The van der Waals surface area contributed by atoms with E-state index in [9.17, 15) is 13.2 Å². The van der Waals surface area contributed by atoms with Crippen LogP contribution in [-0.4, -0.2) is 31.2 Å². The first kappa shape index (κ1) is 14.5. The summed E-state index contributed by atoms with van der Waals surface area (Å²) in [6.07, 6.45) is 1.16. The molecule has 1 atom stereocenters. The molecule has 7 heteroatoms. The first-order chi connectivity index (χ1) is 9.93. The third-order valence-corrected chi connectivity index (χ3v) is 7.13. The molecule has 0 aliphatic carbocycles. The lowest BCUT2D eigenvalue weighted by Crippen LogP contribution is -2.43. The summed E-state index contributed by atoms with van der Waals surface area (Å²) in [6, 6.07) is 6.69. The number of nitrogens with zero attached hydrogens (tertiary/aromatic N) is 1. The number of rotatable bonds is 3. The Labute approximate surface area is 127 Å². The molecule has 1 aromatic carbocycles. The molecule has 21 heavy (non-hydrogen) atoms. The van der Waals surface area contributed by atoms with Crippen molar-refractivity contribution in [3.63, 3.8) is 0 Å². The molecule has 2 N–H and O–H groups in total. The number of hydrogen-bond donors (Lipinski definition) is 1. The second-order valence-corrected chi connectivity index (χ2v) is 8.24. The normalized spacial score (nSPS) is 20.1. The zero-order valence-electron chi connectivity index (χ0n) is 11.6. The van der Waals surface area contributed by atoms with Gasteiger partial charge in [0, 0.05) is 21.5 Å². The average molecular weight is 324 g/mol. The largest absolute Gasteiger partial charge is 0.368 e. The molecule has 1 aliphatic heterocycles. The monoisotopic (exact) mass is 324 g/mol. The molecule has 1 fully saturated rings. The summed E-state index contributed by atoms with van der Waals surface area (Å²) in [5, 5.41) is 0.718. The minimum atomic E-state index is -3.70. The highest BCUT2D eigenvalue weighted by atomic mass is 32.2. The van der Waals surface area contributed by atoms with Crippen LogP contribution in [0.1, 0.15) is 17.7 Å². The molecular weight excluding hydrogens is 308 g/mol. The smallest absolute Gasteiger partial charge is 0.245 e. The van der Waals surface area contributed by atoms with Gasteiger partial charge in [-0.05, 0) is 25.8 Å². The van der Waals surface area contributed by atoms with Gasteiger partial charge in [-0.1, -0.05) is 18.2 Å². The van der Waals surface area contributed by atoms with Gasteiger partial charge >= 0.3 is 0 Å². The number of sulfonamides is 1. The summed E-state index contributed by atoms with van der Waals surface area (Å²) in [7, 11) is -3.70. The molecule has 112 valence electrons. The number of hydrogen-bond acceptors (Lipinski definition) is 4. The van der Waals surface area contributed by atoms with E-state index in [1.165, 1.54) is 15.6 Å². The standard InChI is InChI=1S/C14H16N2O3S2/c1-9-13(10-5-2-3-7-12(10)20-9)21(18,19)16-8-4-6-11(16)14(15)17/h2-3,5,7,11H,4,6,8H2,1H3,(H2,15,17). The number of benzene rings is 1. The lowest BCUT2D eigenvalue weighted by atomic mass is 10.2. The first-order valence-corrected chi connectivity index (χ1v) is 8.98. The number of aryl methyl sites for hydroxylation is 1. The summed E-state index contributed by atoms with van der Waals surface area (Å²) in [5.41, 5.74) is 5.35. The molecule has 1 saturated heterocycles. The molecule has 0 radical (unpaired) electrons. The number of fused-ring (bicyclic) bond motifs is 1. The summed E-state index contributed by atoms with van der Waals surface area (Å²) < 4.78 is 28.1. The number of nitrogens with two attached hydrogens (primary N) is 1. The van der Waals surface area contributed by atoms with Crippen LogP contribution in [0.5, 0.6) is 0 Å². The van der Waals surface area contributed by atoms with Gasteiger partial charge in [-0.25, -0.2) is 8.42 Å². The first-order valence-electron chi connectivity index (χ1n) is 6.72. The van der Waals surface area contributed by atoms with Crippen molar-refractivity contribution < 1.29 is 13.2 Å². The minimum Gasteiger partial charge on any atom is -0.368 e. The lowest BCUT2D eigenvalue weighted by Gasteiger charge is -2.21. The highest BCUT2D eigenvalue weighted by Gasteiger charge is 2.40. The van der Waals surface area contributed by atoms with Gasteiger partial charge < -0.3 is 5.73 Å². The van der Waals surface area contributed by atoms with Crippen LogP contribution in [0.4, 0.5) is 0 Å². The van der Waals surface area contributed by atoms with E-state index in [1.54, 1.807) is 13.0 Å². The van der Waals surface area contributed by atoms with Gasteiger partial charge in [0.15, 0.2) is 0 Å². The summed E-state index contributed by atoms with van der Waals surface area (Å²) in [4.78, 5) is 12.6. The Kier molecular flexibility index (Phi) is 3.51. The van der Waals surface area contributed by atoms with Gasteiger partial charge in [0.25, 0.3) is 0 Å². The number of carbonyl (C=O) groups excluding carboxylic acids is 1. The molecule has 2 heterocycles. The van der Waals surface area contributed by atoms with Crippen molar-refractivity contribution in [3.8, 4) is 0 Å². The van der Waals surface area contributed by atoms with Crippen molar-refractivity contribution in [2.24, 2.45) is 5.73 Å². The predicted molar refractivity (Wildman–Crippen MR) is 82.7 cm³/mol. The topological polar surface area (TPSA) is 80.5 Å². The summed E-state index contributed by atoms with van der Waals surface area (Å²) >= 11 is 1.45. The minimum absolute atomic E-state index is 0.316. The number of carbonyl (C=O) groups is 1. The van der Waals surface area contributed by atoms with Crippen molar-refractivity contribution in [2.45, 2.75) is 30.7 Å². The fourth-order valence-corrected chi connectivity index (χ4v) is 6.33. The molecule has 0 bridgehead atoms. The zero-order valence-corrected chi connectivity index (χ0v) is 13.2. The van der Waals surface area contributed by atoms with Crippen LogP contribution in [0.2, 0.25) is 0 Å². The average Bonchev–Trinajstić information content (AvgIpc) is 3.01. The summed E-state index contributed by atoms with van der Waals surface area (Å²) in [5.74, 6) is -0.576. The maximum Gasteiger partial charge on any atom is 0.245 e. The highest BCUT2D eigenvalue weighted by molar-refractivity contribution is 7.89. The second-order valence-electron chi connectivity index (χ2n) is 5.16. The van der Waals surface area contributed by atoms with Crippen LogP contribution >= 0.6 is 11.3 Å². The molecule has 5 nitrogen and oxygen atoms in total. The van der Waals surface area contributed by atoms with Gasteiger partial charge in [-0.3, -0.25) is 4.79 Å². The Morgan fingerprint density at radius 1 is 1.38 bits per heavy atom. The van der Waals surface area contributed by atoms with Crippen molar-refractivity contribution >= 4 is 37.4 Å². The van der Waals surface area contributed by atoms with Crippen molar-refractivity contribution in [1.29, 1.82) is 0 Å². The molecule has 3 rings (SSSR count). The van der Waals surface area contributed by atoms with E-state index in [0.29, 0.717) is 24.3 Å². The zero-order chi connectivity index (χ0) is 15.2. The maximum atomic E-state index is 13.0. The predicted octanol–water partition coefficient (Wildman–Crippen LogP) is 1.85. The van der Waals surface area contributed by atoms with Crippen LogP contribution < -0.4 is 5.73 Å². The molecular formula is C14H16N2O3S2. The van der Waals surface area contributed by atoms with Crippen LogP contribution in [0.25, 0.3) is 10.1 Å². The Hall–Kier alpha value is -1.44. The molecule has 1 aliphatic rings. The van der Waals surface area contributed by atoms with Gasteiger partial charge in [0.2, 0.25) is 15.9 Å². The van der Waals surface area contributed by atoms with Crippen LogP contribution in [0.3, 0.4) is 0 Å². The highest BCUT2D eigenvalue weighted by Crippen LogP contribution is 2.37. The molecule has 1 aromatic heterocycles. The van der Waals surface area contributed by atoms with E-state index in [-0.39, 0.29) is 0 Å². The van der Waals surface area contributed by atoms with E-state index >= 15 is 0 Å². The molecule has 0 saturated carbocycles. The lowest BCUT2D eigenvalue weighted by molar-refractivity contribution is -0.121. The van der Waals surface area contributed by atoms with Gasteiger partial charge in [0.1, 0.15) is 10.9 Å². The molecule has 1 amide bonds. The van der Waals surface area contributed by atoms with E-state index in [0.717, 1.165) is 15.0 Å². The van der Waals surface area contributed by atoms with Gasteiger partial charge in [-0.2, -0.15) is 4.31 Å². The van der Waals surface area contributed by atoms with Gasteiger partial charge in [-0.15, -0.1) is 11.3 Å². The van der Waals surface area contributed by atoms with E-state index in [4.69, 9.17) is 5.73 Å². The van der Waals surface area contributed by atoms with Crippen molar-refractivity contribution in [3.05, 3.63) is 29.1 Å². The Morgan fingerprint density at radius 3 is 2.81 bits per heavy atom. The van der Waals surface area contributed by atoms with Crippen molar-refractivity contribution in [2.75, 3.05) is 6.54 Å². The molecule has 0 spiro atoms. The Balaban J connectivity index is 2.17. The fraction of sp³-hybridized carbons (Fsp3) is 0.357. The van der Waals surface area contributed by atoms with E-state index in [1.807, 2.05) is 18.2 Å². The van der Waals surface area contributed by atoms with E-state index in [2.05, 4.69) is 0 Å². The number of primary amides is 1. The van der Waals surface area contributed by atoms with Crippen LogP contribution in [0, 0.1) is 6.92 Å². The van der Waals surface area contributed by atoms with Crippen molar-refractivity contribution in [1.82, 2.24) is 4.31 Å². The molecule has 2 aromatic rings. The SMILES string of the molecule is Cc1sc2ccccc2c1S(=O)(=O)N1CCCC1C(N)=O. The van der Waals surface area contributed by atoms with Crippen LogP contribution in [0.15, 0.2) is 29.2 Å². The fourth-order valence-electron chi connectivity index (χ4n) is 2.89. The number of thiophene rings is 1. The third-order valence-electron chi connectivity index (χ3n) is 3.81. The van der Waals surface area contributed by atoms with Gasteiger partial charge in [0.05, 0.1) is 0 Å². The second kappa shape index (κ2) is 5.08. The Morgan fingerprint density at radius 2 is 2.10 bits per heavy atom. The third kappa shape index (κ3) is 2.25. The van der Waals surface area contributed by atoms with E-state index < -0.39 is 22.0 Å². The quantitative estimate of drug-likeness (QED) is 0.935. The molecule has 1 unspecified atom stereocenters. The number of amides is 1.